The van der Waals surface area contributed by atoms with Crippen LogP contribution in [0.15, 0.2) is 24.3 Å². The van der Waals surface area contributed by atoms with Crippen molar-refractivity contribution in [2.75, 3.05) is 6.61 Å². The molecule has 0 unspecified atom stereocenters. The van der Waals surface area contributed by atoms with Gasteiger partial charge in [0.1, 0.15) is 0 Å². The van der Waals surface area contributed by atoms with Crippen LogP contribution in [0.5, 0.6) is 0 Å². The summed E-state index contributed by atoms with van der Waals surface area (Å²) >= 11 is 0. The summed E-state index contributed by atoms with van der Waals surface area (Å²) in [5, 5.41) is 20.9. The Hall–Kier alpha value is -1.39. The lowest BCUT2D eigenvalue weighted by atomic mass is 10.1. The molecule has 0 saturated heterocycles. The molecule has 0 radical (unpaired) electrons. The number of benzene rings is 1. The first-order valence-corrected chi connectivity index (χ1v) is 5.33. The van der Waals surface area contributed by atoms with Gasteiger partial charge in [-0.25, -0.2) is 4.79 Å². The number of aliphatic hydroxyl groups is 1. The predicted molar refractivity (Wildman–Crippen MR) is 61.4 cm³/mol. The van der Waals surface area contributed by atoms with Gasteiger partial charge < -0.3 is 15.5 Å². The minimum atomic E-state index is -0.915. The molecular weight excluding hydrogens is 206 g/mol. The van der Waals surface area contributed by atoms with Crippen molar-refractivity contribution in [1.29, 1.82) is 0 Å². The van der Waals surface area contributed by atoms with Crippen molar-refractivity contribution in [3.63, 3.8) is 0 Å². The molecule has 0 aromatic heterocycles. The van der Waals surface area contributed by atoms with E-state index in [-0.39, 0.29) is 18.2 Å². The van der Waals surface area contributed by atoms with E-state index < -0.39 is 5.97 Å². The smallest absolute Gasteiger partial charge is 0.335 e. The molecule has 1 aromatic rings. The molecule has 0 amide bonds. The zero-order valence-electron chi connectivity index (χ0n) is 9.31. The van der Waals surface area contributed by atoms with Crippen molar-refractivity contribution in [3.8, 4) is 0 Å². The number of carbonyl (C=O) groups is 1. The first-order chi connectivity index (χ1) is 7.67. The molecule has 0 aliphatic rings. The normalized spacial score (nSPS) is 12.4. The highest BCUT2D eigenvalue weighted by Crippen LogP contribution is 2.04. The SMILES string of the molecule is CC[C@@H](CO)NCc1ccc(C(=O)O)cc1. The second-order valence-corrected chi connectivity index (χ2v) is 3.67. The Morgan fingerprint density at radius 1 is 1.38 bits per heavy atom. The average Bonchev–Trinajstić information content (AvgIpc) is 2.31. The Morgan fingerprint density at radius 2 is 2.00 bits per heavy atom. The fourth-order valence-electron chi connectivity index (χ4n) is 1.37. The minimum Gasteiger partial charge on any atom is -0.478 e. The van der Waals surface area contributed by atoms with E-state index in [0.717, 1.165) is 12.0 Å². The van der Waals surface area contributed by atoms with Crippen molar-refractivity contribution in [2.24, 2.45) is 0 Å². The number of rotatable bonds is 6. The van der Waals surface area contributed by atoms with E-state index in [0.29, 0.717) is 6.54 Å². The largest absolute Gasteiger partial charge is 0.478 e. The molecule has 0 aliphatic carbocycles. The van der Waals surface area contributed by atoms with Crippen LogP contribution in [0.25, 0.3) is 0 Å². The molecule has 0 aliphatic heterocycles. The molecule has 0 heterocycles. The van der Waals surface area contributed by atoms with Gasteiger partial charge in [-0.05, 0) is 24.1 Å². The van der Waals surface area contributed by atoms with Crippen LogP contribution < -0.4 is 5.32 Å². The highest BCUT2D eigenvalue weighted by atomic mass is 16.4. The molecule has 0 saturated carbocycles. The fourth-order valence-corrected chi connectivity index (χ4v) is 1.37. The van der Waals surface area contributed by atoms with Crippen LogP contribution in [0, 0.1) is 0 Å². The Bertz CT molecular complexity index is 331. The van der Waals surface area contributed by atoms with E-state index in [2.05, 4.69) is 5.32 Å². The predicted octanol–water partition coefficient (Wildman–Crippen LogP) is 1.25. The van der Waals surface area contributed by atoms with E-state index >= 15 is 0 Å². The second kappa shape index (κ2) is 6.25. The van der Waals surface area contributed by atoms with Gasteiger partial charge >= 0.3 is 5.97 Å². The molecule has 1 rings (SSSR count). The van der Waals surface area contributed by atoms with E-state index in [9.17, 15) is 4.79 Å². The summed E-state index contributed by atoms with van der Waals surface area (Å²) in [4.78, 5) is 10.6. The van der Waals surface area contributed by atoms with Crippen LogP contribution >= 0.6 is 0 Å². The zero-order chi connectivity index (χ0) is 12.0. The molecule has 3 N–H and O–H groups in total. The molecule has 0 fully saturated rings. The summed E-state index contributed by atoms with van der Waals surface area (Å²) < 4.78 is 0. The molecule has 0 spiro atoms. The van der Waals surface area contributed by atoms with Gasteiger partial charge in [0.15, 0.2) is 0 Å². The molecular formula is C12H17NO3. The van der Waals surface area contributed by atoms with Crippen molar-refractivity contribution in [1.82, 2.24) is 5.32 Å². The third-order valence-electron chi connectivity index (χ3n) is 2.51. The Morgan fingerprint density at radius 3 is 2.44 bits per heavy atom. The summed E-state index contributed by atoms with van der Waals surface area (Å²) in [5.41, 5.74) is 1.30. The van der Waals surface area contributed by atoms with Gasteiger partial charge in [0.25, 0.3) is 0 Å². The van der Waals surface area contributed by atoms with Crippen LogP contribution in [0.4, 0.5) is 0 Å². The number of nitrogens with one attached hydrogen (secondary N) is 1. The lowest BCUT2D eigenvalue weighted by Crippen LogP contribution is -2.31. The number of carboxylic acid groups (broad SMARTS) is 1. The maximum absolute atomic E-state index is 10.6. The summed E-state index contributed by atoms with van der Waals surface area (Å²) in [6.45, 7) is 2.75. The van der Waals surface area contributed by atoms with Crippen molar-refractivity contribution < 1.29 is 15.0 Å². The second-order valence-electron chi connectivity index (χ2n) is 3.67. The maximum atomic E-state index is 10.6. The minimum absolute atomic E-state index is 0.0964. The fraction of sp³-hybridized carbons (Fsp3) is 0.417. The highest BCUT2D eigenvalue weighted by molar-refractivity contribution is 5.87. The molecule has 4 nitrogen and oxygen atoms in total. The number of carboxylic acids is 1. The van der Waals surface area contributed by atoms with Gasteiger partial charge in [0.05, 0.1) is 12.2 Å². The molecule has 88 valence electrons. The van der Waals surface area contributed by atoms with Crippen molar-refractivity contribution in [2.45, 2.75) is 25.9 Å². The van der Waals surface area contributed by atoms with Crippen LogP contribution in [0.2, 0.25) is 0 Å². The first-order valence-electron chi connectivity index (χ1n) is 5.33. The van der Waals surface area contributed by atoms with E-state index in [1.54, 1.807) is 24.3 Å². The van der Waals surface area contributed by atoms with Gasteiger partial charge in [0, 0.05) is 12.6 Å². The maximum Gasteiger partial charge on any atom is 0.335 e. The molecule has 0 bridgehead atoms. The monoisotopic (exact) mass is 223 g/mol. The standard InChI is InChI=1S/C12H17NO3/c1-2-11(8-14)13-7-9-3-5-10(6-4-9)12(15)16/h3-6,11,13-14H,2,7-8H2,1H3,(H,15,16)/t11-/m0/s1. The Kier molecular flexibility index (Phi) is 4.95. The number of hydrogen-bond acceptors (Lipinski definition) is 3. The lowest BCUT2D eigenvalue weighted by Gasteiger charge is -2.13. The van der Waals surface area contributed by atoms with Crippen LogP contribution in [0.3, 0.4) is 0 Å². The van der Waals surface area contributed by atoms with E-state index in [1.807, 2.05) is 6.92 Å². The quantitative estimate of drug-likeness (QED) is 0.678. The van der Waals surface area contributed by atoms with Gasteiger partial charge in [-0.3, -0.25) is 0 Å². The van der Waals surface area contributed by atoms with Gasteiger partial charge in [0.2, 0.25) is 0 Å². The van der Waals surface area contributed by atoms with Crippen molar-refractivity contribution in [3.05, 3.63) is 35.4 Å². The van der Waals surface area contributed by atoms with Gasteiger partial charge in [-0.1, -0.05) is 19.1 Å². The van der Waals surface area contributed by atoms with Gasteiger partial charge in [-0.2, -0.15) is 0 Å². The van der Waals surface area contributed by atoms with Crippen LogP contribution in [-0.4, -0.2) is 28.8 Å². The Balaban J connectivity index is 2.52. The third kappa shape index (κ3) is 3.64. The highest BCUT2D eigenvalue weighted by Gasteiger charge is 2.04. The first kappa shape index (κ1) is 12.7. The number of aliphatic hydroxyl groups excluding tert-OH is 1. The third-order valence-corrected chi connectivity index (χ3v) is 2.51. The summed E-state index contributed by atoms with van der Waals surface area (Å²) in [5.74, 6) is -0.915. The Labute approximate surface area is 94.9 Å². The summed E-state index contributed by atoms with van der Waals surface area (Å²) in [6.07, 6.45) is 0.865. The molecule has 1 aromatic carbocycles. The lowest BCUT2D eigenvalue weighted by molar-refractivity contribution is 0.0697. The summed E-state index contributed by atoms with van der Waals surface area (Å²) in [7, 11) is 0. The van der Waals surface area contributed by atoms with E-state index in [1.165, 1.54) is 0 Å². The number of hydrogen-bond donors (Lipinski definition) is 3. The van der Waals surface area contributed by atoms with Crippen LogP contribution in [0.1, 0.15) is 29.3 Å². The average molecular weight is 223 g/mol. The molecule has 4 heteroatoms. The molecule has 16 heavy (non-hydrogen) atoms. The van der Waals surface area contributed by atoms with E-state index in [4.69, 9.17) is 10.2 Å². The van der Waals surface area contributed by atoms with Crippen molar-refractivity contribution >= 4 is 5.97 Å². The molecule has 1 atom stereocenters. The van der Waals surface area contributed by atoms with Crippen LogP contribution in [-0.2, 0) is 6.54 Å². The topological polar surface area (TPSA) is 69.6 Å². The van der Waals surface area contributed by atoms with Gasteiger partial charge in [-0.15, -0.1) is 0 Å². The summed E-state index contributed by atoms with van der Waals surface area (Å²) in [6, 6.07) is 6.82. The number of aromatic carboxylic acids is 1. The zero-order valence-corrected chi connectivity index (χ0v) is 9.31.